The van der Waals surface area contributed by atoms with E-state index in [-0.39, 0.29) is 38.6 Å². The Balaban J connectivity index is 4.13. The third kappa shape index (κ3) is 79.3. The first-order valence-corrected chi connectivity index (χ1v) is 39.6. The number of carboxylic acid groups (broad SMARTS) is 1. The molecular weight excluding hydrogens is 1220 g/mol. The molecule has 99 heavy (non-hydrogen) atoms. The molecule has 0 saturated carbocycles. The number of ether oxygens (including phenoxy) is 4. The Morgan fingerprint density at radius 2 is 0.545 bits per heavy atom. The first-order chi connectivity index (χ1) is 48.6. The number of hydrogen-bond acceptors (Lipinski definition) is 7. The maximum absolute atomic E-state index is 13.0. The standard InChI is InChI=1S/C90H145NO8/c1-6-8-10-12-14-16-18-20-22-24-26-28-30-32-34-36-38-40-42-44-46-48-50-52-54-56-58-60-62-64-66-68-70-72-74-76-78-80-87(92)97-84-86(85-98-90(89(94)95)96-83-82-91(3,4)5)99-88(93)81-79-77-75-73-71-69-67-65-63-61-59-57-55-53-51-49-47-45-43-41-39-37-35-33-31-29-27-25-23-21-19-17-15-13-11-9-7-2/h8-11,14-17,20-23,26-29,32-35,38-41,45,47,51,53,57,59,63,65,86,90H,6-7,12-13,18-19,24-25,30-31,36-37,42-44,46,48-50,52,54-56,58,60-62,64,66-85H2,1-5H3/p+1/b10-8-,11-9-,16-14-,17-15-,22-20-,23-21-,28-26-,29-27-,34-32-,35-33-,40-38-,41-39-,47-45-,53-51-,59-57-,65-63-. The molecule has 0 heterocycles. The molecule has 0 fully saturated rings. The molecule has 1 N–H and O–H groups in total. The zero-order valence-corrected chi connectivity index (χ0v) is 63.8. The van der Waals surface area contributed by atoms with Gasteiger partial charge in [0.1, 0.15) is 13.2 Å². The van der Waals surface area contributed by atoms with Crippen LogP contribution >= 0.6 is 0 Å². The molecule has 9 heteroatoms. The summed E-state index contributed by atoms with van der Waals surface area (Å²) in [5, 5.41) is 9.77. The Morgan fingerprint density at radius 1 is 0.303 bits per heavy atom. The maximum Gasteiger partial charge on any atom is 0.361 e. The SMILES string of the molecule is CC/C=C\C/C=C\C/C=C\C/C=C\C/C=C\C/C=C\C/C=C\C/C=C\C/C=C\C/C=C\CCCCCCCCC(=O)OC(COC(=O)CCCCCCCCCCCCCCCCCCCC/C=C\C/C=C\C/C=C\C/C=C\C/C=C\C/C=C\CC)COC(OCC[N+](C)(C)C)C(=O)O. The smallest absolute Gasteiger partial charge is 0.361 e. The van der Waals surface area contributed by atoms with Crippen LogP contribution in [0.25, 0.3) is 0 Å². The predicted octanol–water partition coefficient (Wildman–Crippen LogP) is 25.7. The number of carbonyl (C=O) groups excluding carboxylic acids is 2. The van der Waals surface area contributed by atoms with Crippen LogP contribution in [-0.2, 0) is 33.3 Å². The van der Waals surface area contributed by atoms with Crippen molar-refractivity contribution in [3.05, 3.63) is 194 Å². The number of quaternary nitrogens is 1. The van der Waals surface area contributed by atoms with Crippen molar-refractivity contribution in [3.63, 3.8) is 0 Å². The summed E-state index contributed by atoms with van der Waals surface area (Å²) in [4.78, 5) is 37.7. The van der Waals surface area contributed by atoms with Crippen LogP contribution in [0.5, 0.6) is 0 Å². The lowest BCUT2D eigenvalue weighted by Gasteiger charge is -2.25. The Bertz CT molecular complexity index is 2340. The fraction of sp³-hybridized carbons (Fsp3) is 0.611. The summed E-state index contributed by atoms with van der Waals surface area (Å²) in [7, 11) is 5.97. The van der Waals surface area contributed by atoms with Crippen molar-refractivity contribution in [3.8, 4) is 0 Å². The second kappa shape index (κ2) is 77.9. The van der Waals surface area contributed by atoms with E-state index in [1.807, 2.05) is 21.1 Å². The molecule has 0 amide bonds. The Morgan fingerprint density at radius 3 is 0.808 bits per heavy atom. The van der Waals surface area contributed by atoms with E-state index in [0.717, 1.165) is 161 Å². The minimum atomic E-state index is -1.53. The zero-order valence-electron chi connectivity index (χ0n) is 63.8. The summed E-state index contributed by atoms with van der Waals surface area (Å²) in [5.74, 6) is -2.03. The molecule has 2 atom stereocenters. The Hall–Kier alpha value is -5.87. The minimum Gasteiger partial charge on any atom is -0.477 e. The van der Waals surface area contributed by atoms with Gasteiger partial charge in [-0.05, 0) is 141 Å². The highest BCUT2D eigenvalue weighted by Gasteiger charge is 2.25. The van der Waals surface area contributed by atoms with Crippen LogP contribution in [0.3, 0.4) is 0 Å². The number of unbranched alkanes of at least 4 members (excludes halogenated alkanes) is 24. The van der Waals surface area contributed by atoms with E-state index >= 15 is 0 Å². The highest BCUT2D eigenvalue weighted by molar-refractivity contribution is 5.71. The fourth-order valence-electron chi connectivity index (χ4n) is 10.4. The van der Waals surface area contributed by atoms with Crippen molar-refractivity contribution < 1.29 is 42.9 Å². The zero-order chi connectivity index (χ0) is 71.8. The minimum absolute atomic E-state index is 0.176. The lowest BCUT2D eigenvalue weighted by atomic mass is 10.0. The molecule has 0 aromatic carbocycles. The van der Waals surface area contributed by atoms with Crippen molar-refractivity contribution >= 4 is 17.9 Å². The largest absolute Gasteiger partial charge is 0.477 e. The molecule has 0 aliphatic carbocycles. The van der Waals surface area contributed by atoms with Gasteiger partial charge < -0.3 is 28.5 Å². The summed E-state index contributed by atoms with van der Waals surface area (Å²) in [6, 6.07) is 0. The number of esters is 2. The molecule has 0 aliphatic rings. The van der Waals surface area contributed by atoms with Crippen molar-refractivity contribution in [2.75, 3.05) is 47.5 Å². The normalized spacial score (nSPS) is 13.7. The van der Waals surface area contributed by atoms with Gasteiger partial charge in [-0.3, -0.25) is 9.59 Å². The Kier molecular flexibility index (Phi) is 73.2. The molecule has 0 radical (unpaired) electrons. The number of aliphatic carboxylic acids is 1. The summed E-state index contributed by atoms with van der Waals surface area (Å²) in [6.07, 6.45) is 117. The molecule has 0 aromatic heterocycles. The predicted molar refractivity (Wildman–Crippen MR) is 428 cm³/mol. The molecule has 9 nitrogen and oxygen atoms in total. The van der Waals surface area contributed by atoms with Crippen molar-refractivity contribution in [1.29, 1.82) is 0 Å². The van der Waals surface area contributed by atoms with Gasteiger partial charge in [0.25, 0.3) is 6.29 Å². The van der Waals surface area contributed by atoms with Crippen molar-refractivity contribution in [2.24, 2.45) is 0 Å². The average molecular weight is 1370 g/mol. The van der Waals surface area contributed by atoms with E-state index in [1.165, 1.54) is 103 Å². The van der Waals surface area contributed by atoms with E-state index in [2.05, 4.69) is 208 Å². The van der Waals surface area contributed by atoms with Crippen molar-refractivity contribution in [2.45, 2.75) is 309 Å². The third-order valence-electron chi connectivity index (χ3n) is 16.3. The summed E-state index contributed by atoms with van der Waals surface area (Å²) in [6.45, 7) is 4.63. The fourth-order valence-corrected chi connectivity index (χ4v) is 10.4. The number of nitrogens with zero attached hydrogens (tertiary/aromatic N) is 1. The van der Waals surface area contributed by atoms with Gasteiger partial charge in [-0.2, -0.15) is 0 Å². The summed E-state index contributed by atoms with van der Waals surface area (Å²) >= 11 is 0. The number of likely N-dealkylation sites (N-methyl/N-ethyl adjacent to an activating group) is 1. The van der Waals surface area contributed by atoms with E-state index < -0.39 is 24.3 Å². The van der Waals surface area contributed by atoms with Crippen LogP contribution in [0.4, 0.5) is 0 Å². The second-order valence-electron chi connectivity index (χ2n) is 26.9. The van der Waals surface area contributed by atoms with Gasteiger partial charge >= 0.3 is 17.9 Å². The Labute approximate surface area is 608 Å². The van der Waals surface area contributed by atoms with Crippen LogP contribution in [-0.4, -0.2) is 87.4 Å². The molecular formula is C90H146NO8+. The third-order valence-corrected chi connectivity index (χ3v) is 16.3. The quantitative estimate of drug-likeness (QED) is 0.0211. The van der Waals surface area contributed by atoms with Crippen LogP contribution in [0.1, 0.15) is 296 Å². The van der Waals surface area contributed by atoms with Gasteiger partial charge in [-0.1, -0.05) is 337 Å². The lowest BCUT2D eigenvalue weighted by molar-refractivity contribution is -0.870. The van der Waals surface area contributed by atoms with Gasteiger partial charge in [-0.25, -0.2) is 4.79 Å². The number of carbonyl (C=O) groups is 3. The van der Waals surface area contributed by atoms with Crippen molar-refractivity contribution in [1.82, 2.24) is 0 Å². The van der Waals surface area contributed by atoms with Crippen LogP contribution in [0.2, 0.25) is 0 Å². The molecule has 2 unspecified atom stereocenters. The van der Waals surface area contributed by atoms with E-state index in [9.17, 15) is 19.5 Å². The molecule has 0 saturated heterocycles. The average Bonchev–Trinajstić information content (AvgIpc) is 2.19. The maximum atomic E-state index is 13.0. The first-order valence-electron chi connectivity index (χ1n) is 39.6. The molecule has 0 aromatic rings. The number of hydrogen-bond donors (Lipinski definition) is 1. The van der Waals surface area contributed by atoms with Crippen LogP contribution in [0.15, 0.2) is 194 Å². The summed E-state index contributed by atoms with van der Waals surface area (Å²) in [5.41, 5.74) is 0. The highest BCUT2D eigenvalue weighted by Crippen LogP contribution is 2.17. The first kappa shape index (κ1) is 93.1. The van der Waals surface area contributed by atoms with E-state index in [1.54, 1.807) is 0 Å². The molecule has 558 valence electrons. The topological polar surface area (TPSA) is 108 Å². The molecule has 0 rings (SSSR count). The van der Waals surface area contributed by atoms with Gasteiger partial charge in [0.2, 0.25) is 0 Å². The number of rotatable bonds is 71. The number of carboxylic acids is 1. The molecule has 0 bridgehead atoms. The van der Waals surface area contributed by atoms with Crippen LogP contribution < -0.4 is 0 Å². The monoisotopic (exact) mass is 1370 g/mol. The highest BCUT2D eigenvalue weighted by atomic mass is 16.7. The number of allylic oxidation sites excluding steroid dienone is 32. The van der Waals surface area contributed by atoms with Gasteiger partial charge in [0.05, 0.1) is 34.4 Å². The van der Waals surface area contributed by atoms with Gasteiger partial charge in [0, 0.05) is 12.8 Å². The second-order valence-corrected chi connectivity index (χ2v) is 26.9. The van der Waals surface area contributed by atoms with E-state index in [4.69, 9.17) is 18.9 Å². The lowest BCUT2D eigenvalue weighted by Crippen LogP contribution is -2.40. The molecule has 0 aliphatic heterocycles. The van der Waals surface area contributed by atoms with Gasteiger partial charge in [-0.15, -0.1) is 0 Å². The van der Waals surface area contributed by atoms with E-state index in [0.29, 0.717) is 17.4 Å². The van der Waals surface area contributed by atoms with Crippen LogP contribution in [0, 0.1) is 0 Å². The molecule has 0 spiro atoms. The summed E-state index contributed by atoms with van der Waals surface area (Å²) < 4.78 is 23.0. The van der Waals surface area contributed by atoms with Gasteiger partial charge in [0.15, 0.2) is 6.10 Å².